The normalized spacial score (nSPS) is 18.2. The molecule has 1 fully saturated rings. The number of fused-ring (bicyclic) bond motifs is 1. The Morgan fingerprint density at radius 1 is 1.03 bits per heavy atom. The van der Waals surface area contributed by atoms with Gasteiger partial charge in [0.05, 0.1) is 16.3 Å². The van der Waals surface area contributed by atoms with Gasteiger partial charge in [-0.05, 0) is 55.3 Å². The number of aliphatic imine (C=N–C) groups is 1. The van der Waals surface area contributed by atoms with Crippen molar-refractivity contribution in [3.63, 3.8) is 0 Å². The van der Waals surface area contributed by atoms with Gasteiger partial charge in [0.25, 0.3) is 5.69 Å². The van der Waals surface area contributed by atoms with Gasteiger partial charge in [0.15, 0.2) is 0 Å². The molecule has 2 aliphatic rings. The first-order chi connectivity index (χ1) is 16.1. The van der Waals surface area contributed by atoms with Crippen molar-refractivity contribution in [2.75, 3.05) is 18.4 Å². The number of carbonyl (C=O) groups excluding carboxylic acids is 1. The lowest BCUT2D eigenvalue weighted by Crippen LogP contribution is -2.22. The number of nitro benzene ring substituents is 1. The third kappa shape index (κ3) is 4.40. The average Bonchev–Trinajstić information content (AvgIpc) is 3.45. The minimum atomic E-state index is -0.730. The maximum absolute atomic E-state index is 13.0. The fourth-order valence-corrected chi connectivity index (χ4v) is 4.55. The van der Waals surface area contributed by atoms with Crippen molar-refractivity contribution in [2.24, 2.45) is 4.99 Å². The number of nitro groups is 1. The molecule has 0 saturated carbocycles. The molecule has 1 atom stereocenters. The molecule has 3 aromatic carbocycles. The van der Waals surface area contributed by atoms with Gasteiger partial charge in [-0.1, -0.05) is 42.5 Å². The molecule has 1 saturated heterocycles. The van der Waals surface area contributed by atoms with Gasteiger partial charge < -0.3 is 5.32 Å². The highest BCUT2D eigenvalue weighted by Gasteiger charge is 2.36. The van der Waals surface area contributed by atoms with Crippen LogP contribution in [0.4, 0.5) is 17.1 Å². The molecule has 1 N–H and O–H groups in total. The summed E-state index contributed by atoms with van der Waals surface area (Å²) in [5.41, 5.74) is 4.46. The van der Waals surface area contributed by atoms with Crippen LogP contribution in [0.2, 0.25) is 0 Å². The Hall–Kier alpha value is -3.84. The summed E-state index contributed by atoms with van der Waals surface area (Å²) >= 11 is 0. The molecule has 5 rings (SSSR count). The number of amides is 1. The van der Waals surface area contributed by atoms with Crippen molar-refractivity contribution in [3.05, 3.63) is 99.6 Å². The second-order valence-corrected chi connectivity index (χ2v) is 8.46. The Labute approximate surface area is 191 Å². The molecular formula is C26H24N4O3. The van der Waals surface area contributed by atoms with Crippen LogP contribution in [-0.2, 0) is 11.3 Å². The van der Waals surface area contributed by atoms with Crippen LogP contribution in [-0.4, -0.2) is 34.5 Å². The standard InChI is InChI=1S/C26H24N4O3/c31-26-24(22-16-21(30(32)33)12-13-23(22)28-26)25(19-6-2-1-3-7-19)27-20-10-8-18(9-11-20)17-29-14-4-5-15-29/h1-3,6-13,16,24H,4-5,14-15,17H2,(H,28,31). The third-order valence-electron chi connectivity index (χ3n) is 6.21. The van der Waals surface area contributed by atoms with Crippen LogP contribution in [0.3, 0.4) is 0 Å². The number of hydrogen-bond acceptors (Lipinski definition) is 5. The minimum absolute atomic E-state index is 0.0473. The van der Waals surface area contributed by atoms with Crippen LogP contribution in [0.1, 0.15) is 35.4 Å². The number of hydrogen-bond donors (Lipinski definition) is 1. The Balaban J connectivity index is 1.53. The van der Waals surface area contributed by atoms with Crippen LogP contribution >= 0.6 is 0 Å². The molecule has 1 unspecified atom stereocenters. The van der Waals surface area contributed by atoms with Gasteiger partial charge in [-0.25, -0.2) is 0 Å². The first kappa shape index (κ1) is 21.0. The van der Waals surface area contributed by atoms with Crippen LogP contribution in [0.5, 0.6) is 0 Å². The Morgan fingerprint density at radius 2 is 1.76 bits per heavy atom. The van der Waals surface area contributed by atoms with E-state index in [0.29, 0.717) is 17.0 Å². The second-order valence-electron chi connectivity index (χ2n) is 8.46. The molecule has 2 aliphatic heterocycles. The number of nitrogens with one attached hydrogen (secondary N) is 1. The van der Waals surface area contributed by atoms with E-state index in [1.807, 2.05) is 42.5 Å². The average molecular weight is 441 g/mol. The number of rotatable bonds is 6. The predicted octanol–water partition coefficient (Wildman–Crippen LogP) is 5.05. The maximum Gasteiger partial charge on any atom is 0.269 e. The van der Waals surface area contributed by atoms with Gasteiger partial charge in [-0.2, -0.15) is 0 Å². The van der Waals surface area contributed by atoms with Crippen molar-refractivity contribution < 1.29 is 9.72 Å². The fourth-order valence-electron chi connectivity index (χ4n) is 4.55. The van der Waals surface area contributed by atoms with Crippen molar-refractivity contribution in [2.45, 2.75) is 25.3 Å². The molecule has 7 nitrogen and oxygen atoms in total. The van der Waals surface area contributed by atoms with Crippen molar-refractivity contribution in [1.29, 1.82) is 0 Å². The topological polar surface area (TPSA) is 87.8 Å². The van der Waals surface area contributed by atoms with E-state index < -0.39 is 10.8 Å². The summed E-state index contributed by atoms with van der Waals surface area (Å²) in [4.78, 5) is 31.2. The Morgan fingerprint density at radius 3 is 2.45 bits per heavy atom. The summed E-state index contributed by atoms with van der Waals surface area (Å²) in [6, 6.07) is 22.0. The lowest BCUT2D eigenvalue weighted by molar-refractivity contribution is -0.384. The molecule has 0 aromatic heterocycles. The highest BCUT2D eigenvalue weighted by Crippen LogP contribution is 2.38. The molecule has 166 valence electrons. The first-order valence-corrected chi connectivity index (χ1v) is 11.1. The molecule has 0 spiro atoms. The fraction of sp³-hybridized carbons (Fsp3) is 0.231. The van der Waals surface area contributed by atoms with E-state index in [2.05, 4.69) is 22.3 Å². The van der Waals surface area contributed by atoms with Gasteiger partial charge in [0.1, 0.15) is 5.92 Å². The van der Waals surface area contributed by atoms with Gasteiger partial charge >= 0.3 is 0 Å². The molecule has 33 heavy (non-hydrogen) atoms. The predicted molar refractivity (Wildman–Crippen MR) is 128 cm³/mol. The van der Waals surface area contributed by atoms with E-state index in [1.165, 1.54) is 30.5 Å². The maximum atomic E-state index is 13.0. The summed E-state index contributed by atoms with van der Waals surface area (Å²) < 4.78 is 0. The number of carbonyl (C=O) groups is 1. The zero-order valence-corrected chi connectivity index (χ0v) is 18.1. The molecule has 1 amide bonds. The van der Waals surface area contributed by atoms with E-state index in [0.717, 1.165) is 30.9 Å². The number of likely N-dealkylation sites (tertiary alicyclic amines) is 1. The lowest BCUT2D eigenvalue weighted by atomic mass is 9.90. The number of nitrogens with zero attached hydrogens (tertiary/aromatic N) is 3. The third-order valence-corrected chi connectivity index (χ3v) is 6.21. The zero-order valence-electron chi connectivity index (χ0n) is 18.1. The van der Waals surface area contributed by atoms with Gasteiger partial charge in [-0.3, -0.25) is 24.8 Å². The first-order valence-electron chi connectivity index (χ1n) is 11.1. The largest absolute Gasteiger partial charge is 0.325 e. The van der Waals surface area contributed by atoms with Crippen molar-refractivity contribution in [1.82, 2.24) is 4.90 Å². The smallest absolute Gasteiger partial charge is 0.269 e. The Bertz CT molecular complexity index is 1220. The summed E-state index contributed by atoms with van der Waals surface area (Å²) in [7, 11) is 0. The SMILES string of the molecule is O=C1Nc2ccc([N+](=O)[O-])cc2C1C(=Nc1ccc(CN2CCCC2)cc1)c1ccccc1. The van der Waals surface area contributed by atoms with Crippen LogP contribution < -0.4 is 5.32 Å². The van der Waals surface area contributed by atoms with E-state index in [4.69, 9.17) is 4.99 Å². The molecular weight excluding hydrogens is 416 g/mol. The van der Waals surface area contributed by atoms with Gasteiger partial charge in [0.2, 0.25) is 5.91 Å². The molecule has 0 radical (unpaired) electrons. The van der Waals surface area contributed by atoms with E-state index in [1.54, 1.807) is 6.07 Å². The number of benzene rings is 3. The monoisotopic (exact) mass is 440 g/mol. The van der Waals surface area contributed by atoms with Crippen LogP contribution in [0.15, 0.2) is 77.8 Å². The second kappa shape index (κ2) is 8.96. The highest BCUT2D eigenvalue weighted by atomic mass is 16.6. The van der Waals surface area contributed by atoms with E-state index in [9.17, 15) is 14.9 Å². The van der Waals surface area contributed by atoms with Crippen LogP contribution in [0, 0.1) is 10.1 Å². The van der Waals surface area contributed by atoms with E-state index >= 15 is 0 Å². The van der Waals surface area contributed by atoms with E-state index in [-0.39, 0.29) is 11.6 Å². The molecule has 3 aromatic rings. The van der Waals surface area contributed by atoms with Crippen LogP contribution in [0.25, 0.3) is 0 Å². The summed E-state index contributed by atoms with van der Waals surface area (Å²) in [5.74, 6) is -0.967. The molecule has 0 aliphatic carbocycles. The lowest BCUT2D eigenvalue weighted by Gasteiger charge is -2.15. The molecule has 0 bridgehead atoms. The van der Waals surface area contributed by atoms with Gasteiger partial charge in [0, 0.05) is 29.9 Å². The molecule has 7 heteroatoms. The minimum Gasteiger partial charge on any atom is -0.325 e. The number of non-ortho nitro benzene ring substituents is 1. The number of anilines is 1. The molecule has 2 heterocycles. The zero-order chi connectivity index (χ0) is 22.8. The highest BCUT2D eigenvalue weighted by molar-refractivity contribution is 6.24. The summed E-state index contributed by atoms with van der Waals surface area (Å²) in [6.45, 7) is 3.21. The van der Waals surface area contributed by atoms with Gasteiger partial charge in [-0.15, -0.1) is 0 Å². The summed E-state index contributed by atoms with van der Waals surface area (Å²) in [6.07, 6.45) is 2.51. The quantitative estimate of drug-likeness (QED) is 0.330. The van der Waals surface area contributed by atoms with Crippen molar-refractivity contribution >= 4 is 28.7 Å². The van der Waals surface area contributed by atoms with Crippen molar-refractivity contribution in [3.8, 4) is 0 Å². The Kier molecular flexibility index (Phi) is 5.71. The summed E-state index contributed by atoms with van der Waals surface area (Å²) in [5, 5.41) is 14.2.